The van der Waals surface area contributed by atoms with Gasteiger partial charge in [-0.05, 0) is 39.3 Å². The van der Waals surface area contributed by atoms with E-state index >= 15 is 0 Å². The zero-order valence-corrected chi connectivity index (χ0v) is 11.7. The van der Waals surface area contributed by atoms with E-state index in [1.165, 1.54) is 38.8 Å². The number of aromatic nitrogens is 2. The second-order valence-corrected chi connectivity index (χ2v) is 5.68. The zero-order valence-electron chi connectivity index (χ0n) is 11.7. The van der Waals surface area contributed by atoms with Crippen molar-refractivity contribution in [2.24, 2.45) is 0 Å². The Morgan fingerprint density at radius 1 is 1.16 bits per heavy atom. The van der Waals surface area contributed by atoms with Gasteiger partial charge in [0.2, 0.25) is 0 Å². The number of likely N-dealkylation sites (tertiary alicyclic amines) is 1. The fourth-order valence-electron chi connectivity index (χ4n) is 3.27. The van der Waals surface area contributed by atoms with Gasteiger partial charge in [-0.3, -0.25) is 4.90 Å². The van der Waals surface area contributed by atoms with E-state index in [2.05, 4.69) is 19.8 Å². The first-order valence-corrected chi connectivity index (χ1v) is 7.32. The molecule has 0 aliphatic carbocycles. The fourth-order valence-corrected chi connectivity index (χ4v) is 3.27. The lowest BCUT2D eigenvalue weighted by atomic mass is 10.1. The Kier molecular flexibility index (Phi) is 3.55. The van der Waals surface area contributed by atoms with Gasteiger partial charge in [-0.25, -0.2) is 9.97 Å². The fraction of sp³-hybridized carbons (Fsp3) is 0.714. The van der Waals surface area contributed by atoms with E-state index in [0.29, 0.717) is 11.9 Å². The van der Waals surface area contributed by atoms with Gasteiger partial charge in [0.1, 0.15) is 17.5 Å². The SMILES string of the molecule is Cc1nc(N)cc(N2CCC(N3CCCCC3)C2)n1. The second-order valence-electron chi connectivity index (χ2n) is 5.68. The van der Waals surface area contributed by atoms with Gasteiger partial charge in [0, 0.05) is 25.2 Å². The van der Waals surface area contributed by atoms with Crippen molar-refractivity contribution in [3.8, 4) is 0 Å². The van der Waals surface area contributed by atoms with Crippen LogP contribution in [0.2, 0.25) is 0 Å². The van der Waals surface area contributed by atoms with Gasteiger partial charge in [-0.1, -0.05) is 6.42 Å². The van der Waals surface area contributed by atoms with Gasteiger partial charge in [-0.2, -0.15) is 0 Å². The van der Waals surface area contributed by atoms with Crippen LogP contribution in [0.3, 0.4) is 0 Å². The molecule has 1 unspecified atom stereocenters. The van der Waals surface area contributed by atoms with Crippen LogP contribution in [-0.2, 0) is 0 Å². The number of rotatable bonds is 2. The van der Waals surface area contributed by atoms with Crippen molar-refractivity contribution >= 4 is 11.6 Å². The minimum absolute atomic E-state index is 0.573. The molecule has 1 atom stereocenters. The van der Waals surface area contributed by atoms with Crippen molar-refractivity contribution in [1.82, 2.24) is 14.9 Å². The monoisotopic (exact) mass is 261 g/mol. The molecule has 0 spiro atoms. The molecule has 104 valence electrons. The number of aryl methyl sites for hydroxylation is 1. The third-order valence-corrected chi connectivity index (χ3v) is 4.24. The average Bonchev–Trinajstić information content (AvgIpc) is 2.88. The number of nitrogens with zero attached hydrogens (tertiary/aromatic N) is 4. The molecule has 0 radical (unpaired) electrons. The summed E-state index contributed by atoms with van der Waals surface area (Å²) in [6, 6.07) is 2.59. The molecule has 0 bridgehead atoms. The molecule has 5 nitrogen and oxygen atoms in total. The summed E-state index contributed by atoms with van der Waals surface area (Å²) in [5.74, 6) is 2.32. The van der Waals surface area contributed by atoms with Gasteiger partial charge in [0.05, 0.1) is 0 Å². The van der Waals surface area contributed by atoms with E-state index in [0.717, 1.165) is 24.7 Å². The largest absolute Gasteiger partial charge is 0.384 e. The Morgan fingerprint density at radius 2 is 1.95 bits per heavy atom. The Hall–Kier alpha value is -1.36. The highest BCUT2D eigenvalue weighted by Gasteiger charge is 2.29. The lowest BCUT2D eigenvalue weighted by Gasteiger charge is -2.32. The van der Waals surface area contributed by atoms with E-state index in [-0.39, 0.29) is 0 Å². The Labute approximate surface area is 114 Å². The van der Waals surface area contributed by atoms with Gasteiger partial charge >= 0.3 is 0 Å². The van der Waals surface area contributed by atoms with Crippen LogP contribution in [0.5, 0.6) is 0 Å². The van der Waals surface area contributed by atoms with Crippen molar-refractivity contribution < 1.29 is 0 Å². The molecule has 2 saturated heterocycles. The highest BCUT2D eigenvalue weighted by atomic mass is 15.3. The van der Waals surface area contributed by atoms with E-state index in [9.17, 15) is 0 Å². The molecular formula is C14H23N5. The average molecular weight is 261 g/mol. The molecule has 2 aliphatic heterocycles. The van der Waals surface area contributed by atoms with Gasteiger partial charge in [0.25, 0.3) is 0 Å². The third kappa shape index (κ3) is 2.81. The molecule has 0 saturated carbocycles. The lowest BCUT2D eigenvalue weighted by molar-refractivity contribution is 0.175. The molecule has 0 amide bonds. The van der Waals surface area contributed by atoms with Gasteiger partial charge < -0.3 is 10.6 Å². The number of hydrogen-bond donors (Lipinski definition) is 1. The van der Waals surface area contributed by atoms with Crippen LogP contribution in [0.25, 0.3) is 0 Å². The number of hydrogen-bond acceptors (Lipinski definition) is 5. The van der Waals surface area contributed by atoms with Crippen LogP contribution >= 0.6 is 0 Å². The number of piperidine rings is 1. The van der Waals surface area contributed by atoms with E-state index in [1.807, 2.05) is 13.0 Å². The van der Waals surface area contributed by atoms with Crippen LogP contribution in [0.15, 0.2) is 6.07 Å². The smallest absolute Gasteiger partial charge is 0.134 e. The van der Waals surface area contributed by atoms with Crippen molar-refractivity contribution in [2.45, 2.75) is 38.6 Å². The summed E-state index contributed by atoms with van der Waals surface area (Å²) in [5, 5.41) is 0. The molecule has 3 heterocycles. The summed E-state index contributed by atoms with van der Waals surface area (Å²) in [6.07, 6.45) is 5.35. The highest BCUT2D eigenvalue weighted by Crippen LogP contribution is 2.24. The van der Waals surface area contributed by atoms with Gasteiger partial charge in [-0.15, -0.1) is 0 Å². The highest BCUT2D eigenvalue weighted by molar-refractivity contribution is 5.47. The standard InChI is InChI=1S/C14H23N5/c1-11-16-13(15)9-14(17-11)19-8-5-12(10-19)18-6-3-2-4-7-18/h9,12H,2-8,10H2,1H3,(H2,15,16,17). The number of anilines is 2. The lowest BCUT2D eigenvalue weighted by Crippen LogP contribution is -2.41. The van der Waals surface area contributed by atoms with Crippen LogP contribution in [0.4, 0.5) is 11.6 Å². The Morgan fingerprint density at radius 3 is 2.68 bits per heavy atom. The minimum Gasteiger partial charge on any atom is -0.384 e. The zero-order chi connectivity index (χ0) is 13.2. The molecule has 1 aromatic heterocycles. The van der Waals surface area contributed by atoms with Crippen LogP contribution < -0.4 is 10.6 Å². The maximum absolute atomic E-state index is 5.82. The summed E-state index contributed by atoms with van der Waals surface area (Å²) in [5.41, 5.74) is 5.82. The predicted octanol–water partition coefficient (Wildman–Crippen LogP) is 1.43. The summed E-state index contributed by atoms with van der Waals surface area (Å²) in [4.78, 5) is 13.7. The first-order chi connectivity index (χ1) is 9.22. The van der Waals surface area contributed by atoms with E-state index in [1.54, 1.807) is 0 Å². The number of nitrogen functional groups attached to an aromatic ring is 1. The van der Waals surface area contributed by atoms with Gasteiger partial charge in [0.15, 0.2) is 0 Å². The molecule has 2 aliphatic rings. The van der Waals surface area contributed by atoms with E-state index in [4.69, 9.17) is 5.73 Å². The van der Waals surface area contributed by atoms with Crippen molar-refractivity contribution in [1.29, 1.82) is 0 Å². The molecular weight excluding hydrogens is 238 g/mol. The number of nitrogens with two attached hydrogens (primary N) is 1. The normalized spacial score (nSPS) is 24.9. The van der Waals surface area contributed by atoms with E-state index < -0.39 is 0 Å². The first-order valence-electron chi connectivity index (χ1n) is 7.32. The molecule has 2 N–H and O–H groups in total. The first kappa shape index (κ1) is 12.7. The predicted molar refractivity (Wildman–Crippen MR) is 77.2 cm³/mol. The summed E-state index contributed by atoms with van der Waals surface area (Å²) >= 11 is 0. The topological polar surface area (TPSA) is 58.3 Å². The summed E-state index contributed by atoms with van der Waals surface area (Å²) in [6.45, 7) is 6.60. The van der Waals surface area contributed by atoms with Crippen LogP contribution in [0, 0.1) is 6.92 Å². The molecule has 0 aromatic carbocycles. The Bertz CT molecular complexity index is 421. The molecule has 19 heavy (non-hydrogen) atoms. The van der Waals surface area contributed by atoms with Crippen LogP contribution in [-0.4, -0.2) is 47.1 Å². The van der Waals surface area contributed by atoms with Crippen molar-refractivity contribution in [2.75, 3.05) is 36.8 Å². The van der Waals surface area contributed by atoms with Crippen molar-refractivity contribution in [3.63, 3.8) is 0 Å². The quantitative estimate of drug-likeness (QED) is 0.873. The molecule has 5 heteroatoms. The third-order valence-electron chi connectivity index (χ3n) is 4.24. The maximum Gasteiger partial charge on any atom is 0.134 e. The molecule has 2 fully saturated rings. The summed E-state index contributed by atoms with van der Waals surface area (Å²) in [7, 11) is 0. The molecule has 1 aromatic rings. The minimum atomic E-state index is 0.573. The van der Waals surface area contributed by atoms with Crippen LogP contribution in [0.1, 0.15) is 31.5 Å². The maximum atomic E-state index is 5.82. The molecule has 3 rings (SSSR count). The summed E-state index contributed by atoms with van der Waals surface area (Å²) < 4.78 is 0. The second kappa shape index (κ2) is 5.33. The Balaban J connectivity index is 1.67. The van der Waals surface area contributed by atoms with Crippen molar-refractivity contribution in [3.05, 3.63) is 11.9 Å².